The number of hydrogen-bond acceptors (Lipinski definition) is 0. The first-order chi connectivity index (χ1) is 27.5. The highest BCUT2D eigenvalue weighted by Gasteiger charge is 2.29. The number of unbranched alkanes of at least 4 members (excludes halogenated alkanes) is 5. The average Bonchev–Trinajstić information content (AvgIpc) is 3.44. The summed E-state index contributed by atoms with van der Waals surface area (Å²) < 4.78 is 0. The normalized spacial score (nSPS) is 16.7. The molecule has 2 unspecified atom stereocenters. The van der Waals surface area contributed by atoms with Crippen LogP contribution in [0.15, 0.2) is 73.9 Å². The molecule has 0 spiro atoms. The van der Waals surface area contributed by atoms with Gasteiger partial charge in [0.1, 0.15) is 0 Å². The molecule has 3 rings (SSSR count). The van der Waals surface area contributed by atoms with E-state index in [0.717, 1.165) is 11.8 Å². The van der Waals surface area contributed by atoms with E-state index in [4.69, 9.17) is 19.7 Å². The van der Waals surface area contributed by atoms with Crippen molar-refractivity contribution in [2.24, 2.45) is 35.5 Å². The van der Waals surface area contributed by atoms with Crippen LogP contribution in [0.4, 0.5) is 0 Å². The minimum Gasteiger partial charge on any atom is -0.106 e. The highest BCUT2D eigenvalue weighted by atomic mass is 14.3. The average molecular weight is 791 g/mol. The minimum absolute atomic E-state index is 0.559. The monoisotopic (exact) mass is 791 g/mol. The van der Waals surface area contributed by atoms with Crippen molar-refractivity contribution in [3.8, 4) is 0 Å². The Labute approximate surface area is 362 Å². The van der Waals surface area contributed by atoms with E-state index in [1.54, 1.807) is 16.7 Å². The maximum atomic E-state index is 4.90. The highest BCUT2D eigenvalue weighted by molar-refractivity contribution is 5.30. The molecular weight excluding hydrogens is 685 g/mol. The Morgan fingerprint density at radius 2 is 1.16 bits per heavy atom. The summed E-state index contributed by atoms with van der Waals surface area (Å²) >= 11 is 0. The van der Waals surface area contributed by atoms with Crippen molar-refractivity contribution in [1.82, 2.24) is 0 Å². The SMILES string of the molecule is C=C.C=C(CC[C@H](CC(=C)[C@H](CC1CCCCC1)[C@@H](C)C(=C)CCCCCCCC)C(C)CC)C1CCCc2ccccc2C1.CCC.CCC.CCC.CCC. The standard InChI is InChI=1S/C43H70.4C3H8.C2H4/c1-8-10-11-12-13-15-21-34(4)37(7)43(31-38-22-16-14-17-23-38)36(6)30-41(33(3)9-2)29-28-35(5)40-27-20-26-39-24-18-19-25-42(39)32-40;4*1-3-2;1-2/h18-19,24-25,33,37-38,40-41,43H,4-6,8-17,20-23,26-32H2,1-3,7H3;4*3H2,1-2H3;1-2H2/t33?,37-,40?,41+,43-;;;;;/m0...../s1. The second-order valence-corrected chi connectivity index (χ2v) is 17.9. The molecule has 0 aromatic heterocycles. The summed E-state index contributed by atoms with van der Waals surface area (Å²) in [6.07, 6.45) is 32.9. The minimum atomic E-state index is 0.559. The smallest absolute Gasteiger partial charge is 0.0140 e. The van der Waals surface area contributed by atoms with Crippen molar-refractivity contribution in [3.63, 3.8) is 0 Å². The Morgan fingerprint density at radius 1 is 0.632 bits per heavy atom. The van der Waals surface area contributed by atoms with Gasteiger partial charge in [0.05, 0.1) is 0 Å². The van der Waals surface area contributed by atoms with E-state index in [0.29, 0.717) is 23.7 Å². The largest absolute Gasteiger partial charge is 0.106 e. The first kappa shape index (κ1) is 59.5. The van der Waals surface area contributed by atoms with E-state index in [9.17, 15) is 0 Å². The summed E-state index contributed by atoms with van der Waals surface area (Å²) in [4.78, 5) is 0. The van der Waals surface area contributed by atoms with Crippen LogP contribution in [0.5, 0.6) is 0 Å². The third-order valence-electron chi connectivity index (χ3n) is 11.9. The molecule has 57 heavy (non-hydrogen) atoms. The van der Waals surface area contributed by atoms with E-state index in [1.165, 1.54) is 172 Å². The Kier molecular flexibility index (Phi) is 44.2. The van der Waals surface area contributed by atoms with Crippen molar-refractivity contribution < 1.29 is 0 Å². The number of benzene rings is 1. The van der Waals surface area contributed by atoms with Crippen LogP contribution >= 0.6 is 0 Å². The molecule has 0 radical (unpaired) electrons. The molecule has 2 aliphatic carbocycles. The summed E-state index contributed by atoms with van der Waals surface area (Å²) in [6, 6.07) is 9.14. The van der Waals surface area contributed by atoms with Gasteiger partial charge < -0.3 is 0 Å². The topological polar surface area (TPSA) is 0 Å². The van der Waals surface area contributed by atoms with Gasteiger partial charge in [-0.05, 0) is 111 Å². The highest BCUT2D eigenvalue weighted by Crippen LogP contribution is 2.42. The third kappa shape index (κ3) is 30.0. The van der Waals surface area contributed by atoms with Gasteiger partial charge in [-0.15, -0.1) is 13.2 Å². The van der Waals surface area contributed by atoms with Crippen LogP contribution in [-0.4, -0.2) is 0 Å². The predicted octanol–water partition coefficient (Wildman–Crippen LogP) is 20.1. The molecule has 0 heteroatoms. The van der Waals surface area contributed by atoms with E-state index in [-0.39, 0.29) is 0 Å². The Bertz CT molecular complexity index is 1030. The van der Waals surface area contributed by atoms with Crippen LogP contribution in [0.2, 0.25) is 0 Å². The van der Waals surface area contributed by atoms with E-state index < -0.39 is 0 Å². The molecule has 5 atom stereocenters. The quantitative estimate of drug-likeness (QED) is 0.0701. The number of fused-ring (bicyclic) bond motifs is 1. The number of allylic oxidation sites excluding steroid dienone is 3. The molecule has 0 N–H and O–H groups in total. The van der Waals surface area contributed by atoms with Gasteiger partial charge in [-0.2, -0.15) is 0 Å². The van der Waals surface area contributed by atoms with Crippen LogP contribution < -0.4 is 0 Å². The lowest BCUT2D eigenvalue weighted by Crippen LogP contribution is -2.23. The predicted molar refractivity (Wildman–Crippen MR) is 268 cm³/mol. The van der Waals surface area contributed by atoms with Gasteiger partial charge in [0, 0.05) is 0 Å². The third-order valence-corrected chi connectivity index (χ3v) is 11.9. The van der Waals surface area contributed by atoms with Gasteiger partial charge in [-0.1, -0.05) is 240 Å². The molecule has 1 aromatic carbocycles. The summed E-state index contributed by atoms with van der Waals surface area (Å²) in [5, 5.41) is 0. The summed E-state index contributed by atoms with van der Waals surface area (Å²) in [5.41, 5.74) is 7.69. The lowest BCUT2D eigenvalue weighted by atomic mass is 9.70. The molecule has 0 saturated heterocycles. The van der Waals surface area contributed by atoms with E-state index in [2.05, 4.69) is 121 Å². The van der Waals surface area contributed by atoms with Gasteiger partial charge in [0.25, 0.3) is 0 Å². The van der Waals surface area contributed by atoms with Gasteiger partial charge in [-0.25, -0.2) is 0 Å². The molecule has 334 valence electrons. The van der Waals surface area contributed by atoms with E-state index >= 15 is 0 Å². The van der Waals surface area contributed by atoms with Gasteiger partial charge in [-0.3, -0.25) is 0 Å². The Morgan fingerprint density at radius 3 is 1.70 bits per heavy atom. The zero-order valence-electron chi connectivity index (χ0n) is 41.5. The summed E-state index contributed by atoms with van der Waals surface area (Å²) in [5.74, 6) is 4.14. The number of hydrogen-bond donors (Lipinski definition) is 0. The first-order valence-electron chi connectivity index (χ1n) is 25.1. The lowest BCUT2D eigenvalue weighted by molar-refractivity contribution is 0.256. The van der Waals surface area contributed by atoms with Crippen LogP contribution in [0.1, 0.15) is 242 Å². The molecule has 1 fully saturated rings. The molecule has 0 amide bonds. The van der Waals surface area contributed by atoms with Crippen molar-refractivity contribution in [2.45, 2.75) is 244 Å². The maximum absolute atomic E-state index is 4.90. The van der Waals surface area contributed by atoms with E-state index in [1.807, 2.05) is 0 Å². The zero-order valence-corrected chi connectivity index (χ0v) is 41.5. The van der Waals surface area contributed by atoms with Crippen LogP contribution in [0.3, 0.4) is 0 Å². The summed E-state index contributed by atoms with van der Waals surface area (Å²) in [7, 11) is 0. The maximum Gasteiger partial charge on any atom is -0.0140 e. The number of aryl methyl sites for hydroxylation is 1. The first-order valence-corrected chi connectivity index (χ1v) is 25.1. The van der Waals surface area contributed by atoms with Gasteiger partial charge >= 0.3 is 0 Å². The molecule has 2 aliphatic rings. The van der Waals surface area contributed by atoms with Crippen molar-refractivity contribution >= 4 is 0 Å². The zero-order chi connectivity index (χ0) is 43.9. The molecule has 0 bridgehead atoms. The lowest BCUT2D eigenvalue weighted by Gasteiger charge is -2.35. The second-order valence-electron chi connectivity index (χ2n) is 17.9. The fourth-order valence-electron chi connectivity index (χ4n) is 8.39. The van der Waals surface area contributed by atoms with Gasteiger partial charge in [0.15, 0.2) is 0 Å². The van der Waals surface area contributed by atoms with Crippen molar-refractivity contribution in [2.75, 3.05) is 0 Å². The molecule has 0 aliphatic heterocycles. The molecule has 0 heterocycles. The summed E-state index contributed by atoms with van der Waals surface area (Å²) in [6.45, 7) is 47.0. The van der Waals surface area contributed by atoms with Crippen molar-refractivity contribution in [1.29, 1.82) is 0 Å². The molecule has 1 saturated carbocycles. The van der Waals surface area contributed by atoms with Crippen LogP contribution in [0.25, 0.3) is 0 Å². The number of rotatable bonds is 20. The Balaban J connectivity index is -0.00000183. The van der Waals surface area contributed by atoms with Gasteiger partial charge in [0.2, 0.25) is 0 Å². The fourth-order valence-corrected chi connectivity index (χ4v) is 8.39. The van der Waals surface area contributed by atoms with Crippen LogP contribution in [0, 0.1) is 35.5 Å². The second kappa shape index (κ2) is 42.3. The Hall–Kier alpha value is -1.82. The van der Waals surface area contributed by atoms with Crippen LogP contribution in [-0.2, 0) is 12.8 Å². The van der Waals surface area contributed by atoms with Crippen molar-refractivity contribution in [3.05, 3.63) is 85.0 Å². The molecule has 1 aromatic rings. The fraction of sp³-hybridized carbons (Fsp3) is 0.754. The molecule has 0 nitrogen and oxygen atoms in total. The molecular formula is C57H106.